The maximum atomic E-state index is 11.3. The lowest BCUT2D eigenvalue weighted by molar-refractivity contribution is 0.133. The number of aryl methyl sites for hydroxylation is 2. The van der Waals surface area contributed by atoms with Crippen molar-refractivity contribution in [1.29, 1.82) is 0 Å². The van der Waals surface area contributed by atoms with Crippen LogP contribution in [0.1, 0.15) is 110 Å². The normalized spacial score (nSPS) is 18.3. The van der Waals surface area contributed by atoms with Gasteiger partial charge in [0.25, 0.3) is 0 Å². The van der Waals surface area contributed by atoms with Gasteiger partial charge in [-0.05, 0) is 124 Å². The highest BCUT2D eigenvalue weighted by Gasteiger charge is 2.27. The molecule has 4 heterocycles. The van der Waals surface area contributed by atoms with Crippen LogP contribution in [0.3, 0.4) is 0 Å². The Balaban J connectivity index is 0.000000186. The molecule has 0 atom stereocenters. The van der Waals surface area contributed by atoms with Gasteiger partial charge in [-0.3, -0.25) is 9.44 Å². The van der Waals surface area contributed by atoms with Crippen LogP contribution in [-0.4, -0.2) is 76.6 Å². The second kappa shape index (κ2) is 24.7. The van der Waals surface area contributed by atoms with Crippen LogP contribution in [0.5, 0.6) is 23.5 Å². The molecule has 0 amide bonds. The van der Waals surface area contributed by atoms with Gasteiger partial charge in [-0.25, -0.2) is 46.7 Å². The Morgan fingerprint density at radius 3 is 1.42 bits per heavy atom. The Bertz CT molecular complexity index is 2640. The number of aromatic nitrogens is 6. The molecule has 0 radical (unpaired) electrons. The molecule has 8 rings (SSSR count). The Kier molecular flexibility index (Phi) is 18.9. The zero-order valence-corrected chi connectivity index (χ0v) is 41.9. The van der Waals surface area contributed by atoms with Crippen molar-refractivity contribution in [2.75, 3.05) is 22.0 Å². The molecule has 0 aliphatic heterocycles. The Morgan fingerprint density at radius 2 is 1.03 bits per heavy atom. The minimum absolute atomic E-state index is 0.106. The third-order valence-corrected chi connectivity index (χ3v) is 14.4. The average molecular weight is 1010 g/mol. The Hall–Kier alpha value is -5.15. The number of nitrogens with zero attached hydrogens (tertiary/aromatic N) is 6. The molecule has 2 aliphatic carbocycles. The SMILES string of the molecule is CCc1cnc(OC2CCC(c3nc(CCl)cs3)CC2)nc1.CCc1cnc(OC2CCC(c3nc(COc4ccc(NS(C)(=O)=O)cc4)cs3)CC2)nc1.CS(=O)(=O)Nc1ccc(O)cc1. The van der Waals surface area contributed by atoms with Crippen molar-refractivity contribution in [2.24, 2.45) is 0 Å². The third kappa shape index (κ3) is 17.5. The number of hydrogen-bond acceptors (Lipinski definition) is 16. The number of nitrogens with one attached hydrogen (secondary N) is 2. The number of benzene rings is 2. The van der Waals surface area contributed by atoms with Gasteiger partial charge in [-0.1, -0.05) is 13.8 Å². The maximum absolute atomic E-state index is 11.3. The smallest absolute Gasteiger partial charge is 0.316 e. The van der Waals surface area contributed by atoms with Gasteiger partial charge in [0.15, 0.2) is 0 Å². The quantitative estimate of drug-likeness (QED) is 0.0608. The largest absolute Gasteiger partial charge is 0.508 e. The van der Waals surface area contributed by atoms with E-state index in [2.05, 4.69) is 53.6 Å². The van der Waals surface area contributed by atoms with Crippen molar-refractivity contribution in [1.82, 2.24) is 29.9 Å². The van der Waals surface area contributed by atoms with Gasteiger partial charge < -0.3 is 19.3 Å². The number of rotatable bonds is 16. The van der Waals surface area contributed by atoms with Crippen LogP contribution in [0.15, 0.2) is 84.1 Å². The van der Waals surface area contributed by atoms with Gasteiger partial charge >= 0.3 is 12.0 Å². The number of thiazole rings is 2. The fourth-order valence-corrected chi connectivity index (χ4v) is 10.5. The standard InChI is InChI=1S/C23H28N4O4S2.C16H20ClN3OS.C7H9NO3S/c1-3-16-12-24-23(25-13-16)31-21-8-4-17(5-9-21)22-26-19(15-32-22)14-30-20-10-6-18(7-11-20)27-33(2,28)29;1-2-11-8-18-16(19-9-11)21-14-5-3-12(4-6-14)15-20-13(7-17)10-22-15;1-12(10,11)8-6-2-4-7(9)5-3-6/h6-7,10-13,15,17,21,27H,3-5,8-9,14H2,1-2H3;8-10,12,14H,2-7H2,1H3;2-5,8-9H,1H3. The molecule has 2 fully saturated rings. The molecule has 0 unspecified atom stereocenters. The predicted octanol–water partition coefficient (Wildman–Crippen LogP) is 9.65. The van der Waals surface area contributed by atoms with E-state index < -0.39 is 20.0 Å². The molecule has 21 heteroatoms. The molecule has 2 saturated carbocycles. The van der Waals surface area contributed by atoms with Crippen molar-refractivity contribution < 1.29 is 36.2 Å². The van der Waals surface area contributed by atoms with E-state index in [4.69, 9.17) is 35.9 Å². The van der Waals surface area contributed by atoms with Crippen molar-refractivity contribution in [3.05, 3.63) is 117 Å². The van der Waals surface area contributed by atoms with E-state index in [1.165, 1.54) is 29.3 Å². The highest BCUT2D eigenvalue weighted by atomic mass is 35.5. The number of phenols is 1. The molecule has 0 saturated heterocycles. The molecular formula is C46H57ClN8O8S4. The third-order valence-electron chi connectivity index (χ3n) is 10.8. The molecule has 0 spiro atoms. The molecule has 6 aromatic rings. The number of alkyl halides is 1. The Labute approximate surface area is 406 Å². The number of hydrogen-bond donors (Lipinski definition) is 3. The monoisotopic (exact) mass is 1010 g/mol. The van der Waals surface area contributed by atoms with Crippen molar-refractivity contribution in [3.8, 4) is 23.5 Å². The fourth-order valence-electron chi connectivity index (χ4n) is 7.21. The summed E-state index contributed by atoms with van der Waals surface area (Å²) in [5, 5.41) is 15.3. The number of halogens is 1. The van der Waals surface area contributed by atoms with E-state index in [9.17, 15) is 16.8 Å². The topological polar surface area (TPSA) is 218 Å². The summed E-state index contributed by atoms with van der Waals surface area (Å²) in [5.41, 5.74) is 5.08. The lowest BCUT2D eigenvalue weighted by Crippen LogP contribution is -2.24. The van der Waals surface area contributed by atoms with Crippen molar-refractivity contribution in [2.45, 2.75) is 115 Å². The molecule has 4 aromatic heterocycles. The maximum Gasteiger partial charge on any atom is 0.316 e. The number of phenolic OH excluding ortho intramolecular Hbond substituents is 1. The van der Waals surface area contributed by atoms with E-state index >= 15 is 0 Å². The average Bonchev–Trinajstić information content (AvgIpc) is 4.01. The van der Waals surface area contributed by atoms with Gasteiger partial charge in [-0.2, -0.15) is 0 Å². The number of anilines is 2. The zero-order valence-electron chi connectivity index (χ0n) is 37.9. The lowest BCUT2D eigenvalue weighted by atomic mass is 9.88. The molecule has 16 nitrogen and oxygen atoms in total. The summed E-state index contributed by atoms with van der Waals surface area (Å²) in [6.45, 7) is 4.54. The molecule has 3 N–H and O–H groups in total. The summed E-state index contributed by atoms with van der Waals surface area (Å²) in [6.07, 6.45) is 20.0. The molecule has 67 heavy (non-hydrogen) atoms. The first-order chi connectivity index (χ1) is 32.1. The van der Waals surface area contributed by atoms with Crippen LogP contribution in [0.25, 0.3) is 0 Å². The van der Waals surface area contributed by atoms with E-state index in [1.807, 2.05) is 30.2 Å². The van der Waals surface area contributed by atoms with Crippen LogP contribution in [0, 0.1) is 0 Å². The van der Waals surface area contributed by atoms with Gasteiger partial charge in [0.1, 0.15) is 30.3 Å². The molecular weight excluding hydrogens is 956 g/mol. The van der Waals surface area contributed by atoms with E-state index in [-0.39, 0.29) is 18.0 Å². The van der Waals surface area contributed by atoms with Gasteiger partial charge in [-0.15, -0.1) is 34.3 Å². The minimum Gasteiger partial charge on any atom is -0.508 e. The summed E-state index contributed by atoms with van der Waals surface area (Å²) >= 11 is 9.23. The Morgan fingerprint density at radius 1 is 0.627 bits per heavy atom. The first-order valence-electron chi connectivity index (χ1n) is 22.0. The van der Waals surface area contributed by atoms with Crippen LogP contribution in [0.4, 0.5) is 11.4 Å². The van der Waals surface area contributed by atoms with Gasteiger partial charge in [0, 0.05) is 58.8 Å². The minimum atomic E-state index is -3.29. The van der Waals surface area contributed by atoms with Gasteiger partial charge in [0.2, 0.25) is 20.0 Å². The van der Waals surface area contributed by atoms with Crippen molar-refractivity contribution >= 4 is 65.7 Å². The van der Waals surface area contributed by atoms with E-state index in [1.54, 1.807) is 46.9 Å². The van der Waals surface area contributed by atoms with E-state index in [0.717, 1.165) is 104 Å². The van der Waals surface area contributed by atoms with Gasteiger partial charge in [0.05, 0.1) is 39.8 Å². The number of sulfonamides is 2. The zero-order chi connectivity index (χ0) is 47.8. The molecule has 2 aliphatic rings. The number of ether oxygens (including phenoxy) is 3. The number of aromatic hydroxyl groups is 1. The lowest BCUT2D eigenvalue weighted by Gasteiger charge is -2.27. The molecule has 2 aromatic carbocycles. The van der Waals surface area contributed by atoms with Crippen LogP contribution >= 0.6 is 34.3 Å². The predicted molar refractivity (Wildman–Crippen MR) is 264 cm³/mol. The first kappa shape index (κ1) is 51.2. The summed E-state index contributed by atoms with van der Waals surface area (Å²) in [5.74, 6) is 2.25. The summed E-state index contributed by atoms with van der Waals surface area (Å²) in [4.78, 5) is 26.5. The highest BCUT2D eigenvalue weighted by molar-refractivity contribution is 7.92. The fraction of sp³-hybridized carbons (Fsp3) is 0.435. The summed E-state index contributed by atoms with van der Waals surface area (Å²) in [6, 6.07) is 13.6. The van der Waals surface area contributed by atoms with Crippen LogP contribution < -0.4 is 23.7 Å². The first-order valence-corrected chi connectivity index (χ1v) is 28.1. The molecule has 0 bridgehead atoms. The van der Waals surface area contributed by atoms with E-state index in [0.29, 0.717) is 53.5 Å². The van der Waals surface area contributed by atoms with Crippen LogP contribution in [-0.2, 0) is 45.4 Å². The summed E-state index contributed by atoms with van der Waals surface area (Å²) in [7, 11) is -6.51. The van der Waals surface area contributed by atoms with Crippen molar-refractivity contribution in [3.63, 3.8) is 0 Å². The highest BCUT2D eigenvalue weighted by Crippen LogP contribution is 2.37. The second-order valence-corrected chi connectivity index (χ2v) is 21.8. The molecule has 360 valence electrons. The second-order valence-electron chi connectivity index (χ2n) is 16.2. The van der Waals surface area contributed by atoms with Crippen LogP contribution in [0.2, 0.25) is 0 Å². The summed E-state index contributed by atoms with van der Waals surface area (Å²) < 4.78 is 66.4.